The maximum Gasteiger partial charge on any atom is 0.127 e. The zero-order valence-corrected chi connectivity index (χ0v) is 11.3. The Hall–Kier alpha value is 0.530. The van der Waals surface area contributed by atoms with E-state index in [9.17, 15) is 0 Å². The van der Waals surface area contributed by atoms with Crippen LogP contribution in [0, 0.1) is 0 Å². The van der Waals surface area contributed by atoms with Gasteiger partial charge in [0.25, 0.3) is 0 Å². The van der Waals surface area contributed by atoms with Gasteiger partial charge in [0.05, 0.1) is 13.2 Å². The van der Waals surface area contributed by atoms with Crippen LogP contribution >= 0.6 is 23.0 Å². The molecule has 0 bridgehead atoms. The molecule has 0 N–H and O–H groups in total. The molecule has 1 fully saturated rings. The van der Waals surface area contributed by atoms with E-state index in [1.165, 1.54) is 0 Å². The summed E-state index contributed by atoms with van der Waals surface area (Å²) in [6, 6.07) is 0. The highest BCUT2D eigenvalue weighted by Gasteiger charge is 2.41. The maximum absolute atomic E-state index is 5.60. The largest absolute Gasteiger partial charge is 0.382 e. The molecular formula is C9H17IO5. The Morgan fingerprint density at radius 3 is 2.40 bits per heavy atom. The molecule has 1 heterocycles. The summed E-state index contributed by atoms with van der Waals surface area (Å²) >= 11 is 1.86. The average Bonchev–Trinajstić information content (AvgIpc) is 2.28. The summed E-state index contributed by atoms with van der Waals surface area (Å²) < 4.78 is 26.7. The molecule has 0 aromatic rings. The molecule has 0 aliphatic carbocycles. The molecule has 4 atom stereocenters. The van der Waals surface area contributed by atoms with Gasteiger partial charge in [0.15, 0.2) is 0 Å². The van der Waals surface area contributed by atoms with Crippen LogP contribution in [0.3, 0.4) is 0 Å². The molecule has 15 heavy (non-hydrogen) atoms. The predicted octanol–water partition coefficient (Wildman–Crippen LogP) is 0.797. The minimum Gasteiger partial charge on any atom is -0.382 e. The van der Waals surface area contributed by atoms with Gasteiger partial charge in [-0.3, -0.25) is 0 Å². The lowest BCUT2D eigenvalue weighted by Gasteiger charge is -2.39. The smallest absolute Gasteiger partial charge is 0.127 e. The SMILES string of the molecule is COC[C@H]1OC[C@H](OC)[C@@H](OC)[C@@H]1OI. The zero-order valence-electron chi connectivity index (χ0n) is 9.14. The van der Waals surface area contributed by atoms with Crippen molar-refractivity contribution in [2.75, 3.05) is 34.5 Å². The number of methoxy groups -OCH3 is 3. The third-order valence-electron chi connectivity index (χ3n) is 2.54. The van der Waals surface area contributed by atoms with Crippen molar-refractivity contribution >= 4 is 23.0 Å². The Labute approximate surface area is 104 Å². The van der Waals surface area contributed by atoms with Crippen LogP contribution in [0.15, 0.2) is 0 Å². The fraction of sp³-hybridized carbons (Fsp3) is 1.00. The summed E-state index contributed by atoms with van der Waals surface area (Å²) in [5, 5.41) is 0. The number of halogens is 1. The maximum atomic E-state index is 5.60. The molecule has 1 rings (SSSR count). The van der Waals surface area contributed by atoms with Crippen molar-refractivity contribution in [2.24, 2.45) is 0 Å². The van der Waals surface area contributed by atoms with Gasteiger partial charge in [0.2, 0.25) is 0 Å². The minimum atomic E-state index is -0.172. The third kappa shape index (κ3) is 3.24. The Balaban J connectivity index is 2.65. The highest BCUT2D eigenvalue weighted by molar-refractivity contribution is 14.1. The summed E-state index contributed by atoms with van der Waals surface area (Å²) in [6.07, 6.45) is -0.499. The molecule has 0 aromatic carbocycles. The van der Waals surface area contributed by atoms with Crippen molar-refractivity contribution in [1.82, 2.24) is 0 Å². The van der Waals surface area contributed by atoms with E-state index in [2.05, 4.69) is 0 Å². The minimum absolute atomic E-state index is 0.0946. The van der Waals surface area contributed by atoms with Crippen molar-refractivity contribution in [2.45, 2.75) is 24.4 Å². The lowest BCUT2D eigenvalue weighted by molar-refractivity contribution is -0.197. The normalized spacial score (nSPS) is 36.8. The highest BCUT2D eigenvalue weighted by Crippen LogP contribution is 2.24. The number of hydrogen-bond donors (Lipinski definition) is 0. The monoisotopic (exact) mass is 332 g/mol. The first-order valence-electron chi connectivity index (χ1n) is 4.72. The van der Waals surface area contributed by atoms with E-state index in [4.69, 9.17) is 22.0 Å². The Kier molecular flexibility index (Phi) is 6.32. The van der Waals surface area contributed by atoms with E-state index in [0.29, 0.717) is 13.2 Å². The first-order chi connectivity index (χ1) is 7.28. The summed E-state index contributed by atoms with van der Waals surface area (Å²) in [7, 11) is 4.92. The number of hydrogen-bond acceptors (Lipinski definition) is 5. The molecule has 0 saturated carbocycles. The number of ether oxygens (including phenoxy) is 4. The van der Waals surface area contributed by atoms with Crippen LogP contribution in [-0.4, -0.2) is 59.0 Å². The van der Waals surface area contributed by atoms with E-state index in [-0.39, 0.29) is 24.4 Å². The van der Waals surface area contributed by atoms with Gasteiger partial charge in [-0.25, -0.2) is 0 Å². The van der Waals surface area contributed by atoms with Crippen LogP contribution in [0.25, 0.3) is 0 Å². The van der Waals surface area contributed by atoms with Crippen molar-refractivity contribution in [1.29, 1.82) is 0 Å². The zero-order chi connectivity index (χ0) is 11.3. The second-order valence-corrected chi connectivity index (χ2v) is 3.86. The first-order valence-corrected chi connectivity index (χ1v) is 5.60. The third-order valence-corrected chi connectivity index (χ3v) is 3.13. The summed E-state index contributed by atoms with van der Waals surface area (Å²) in [4.78, 5) is 0. The van der Waals surface area contributed by atoms with Gasteiger partial charge in [-0.1, -0.05) is 0 Å². The lowest BCUT2D eigenvalue weighted by Crippen LogP contribution is -2.55. The van der Waals surface area contributed by atoms with Crippen LogP contribution < -0.4 is 0 Å². The van der Waals surface area contributed by atoms with E-state index in [1.54, 1.807) is 21.3 Å². The summed E-state index contributed by atoms with van der Waals surface area (Å²) in [6.45, 7) is 0.990. The van der Waals surface area contributed by atoms with Gasteiger partial charge < -0.3 is 22.0 Å². The van der Waals surface area contributed by atoms with Gasteiger partial charge in [0.1, 0.15) is 47.4 Å². The molecule has 1 saturated heterocycles. The van der Waals surface area contributed by atoms with Crippen LogP contribution in [0.5, 0.6) is 0 Å². The van der Waals surface area contributed by atoms with Gasteiger partial charge in [-0.05, 0) is 0 Å². The second kappa shape index (κ2) is 6.97. The van der Waals surface area contributed by atoms with Crippen LogP contribution in [-0.2, 0) is 22.0 Å². The van der Waals surface area contributed by atoms with Crippen LogP contribution in [0.2, 0.25) is 0 Å². The Bertz CT molecular complexity index is 180. The molecule has 1 aliphatic heterocycles. The van der Waals surface area contributed by atoms with Crippen LogP contribution in [0.1, 0.15) is 0 Å². The molecule has 0 unspecified atom stereocenters. The summed E-state index contributed by atoms with van der Waals surface area (Å²) in [5.74, 6) is 0. The van der Waals surface area contributed by atoms with Gasteiger partial charge in [-0.15, -0.1) is 0 Å². The van der Waals surface area contributed by atoms with E-state index < -0.39 is 0 Å². The van der Waals surface area contributed by atoms with E-state index >= 15 is 0 Å². The molecule has 0 aromatic heterocycles. The van der Waals surface area contributed by atoms with Crippen molar-refractivity contribution in [3.05, 3.63) is 0 Å². The number of rotatable bonds is 5. The highest BCUT2D eigenvalue weighted by atomic mass is 127. The standard InChI is InChI=1S/C9H17IO5/c1-11-4-7-9(15-10)8(13-3)6(12-2)5-14-7/h6-9H,4-5H2,1-3H3/t6-,7+,8+,9+/m0/s1. The predicted molar refractivity (Wildman–Crippen MR) is 62.1 cm³/mol. The Morgan fingerprint density at radius 2 is 1.93 bits per heavy atom. The second-order valence-electron chi connectivity index (χ2n) is 3.36. The lowest BCUT2D eigenvalue weighted by atomic mass is 10.0. The van der Waals surface area contributed by atoms with Crippen molar-refractivity contribution < 1.29 is 22.0 Å². The van der Waals surface area contributed by atoms with Gasteiger partial charge >= 0.3 is 0 Å². The fourth-order valence-corrected chi connectivity index (χ4v) is 2.35. The van der Waals surface area contributed by atoms with Crippen molar-refractivity contribution in [3.8, 4) is 0 Å². The molecular weight excluding hydrogens is 315 g/mol. The van der Waals surface area contributed by atoms with Crippen molar-refractivity contribution in [3.63, 3.8) is 0 Å². The quantitative estimate of drug-likeness (QED) is 0.697. The average molecular weight is 332 g/mol. The van der Waals surface area contributed by atoms with E-state index in [0.717, 1.165) is 0 Å². The topological polar surface area (TPSA) is 46.2 Å². The molecule has 6 heteroatoms. The molecule has 1 aliphatic rings. The van der Waals surface area contributed by atoms with Crippen LogP contribution in [0.4, 0.5) is 0 Å². The molecule has 0 spiro atoms. The van der Waals surface area contributed by atoms with Gasteiger partial charge in [-0.2, -0.15) is 0 Å². The van der Waals surface area contributed by atoms with Gasteiger partial charge in [0, 0.05) is 21.3 Å². The fourth-order valence-electron chi connectivity index (χ4n) is 1.73. The molecule has 5 nitrogen and oxygen atoms in total. The van der Waals surface area contributed by atoms with E-state index in [1.807, 2.05) is 23.0 Å². The molecule has 0 amide bonds. The summed E-state index contributed by atoms with van der Waals surface area (Å²) in [5.41, 5.74) is 0. The first kappa shape index (κ1) is 13.6. The molecule has 0 radical (unpaired) electrons. The molecule has 90 valence electrons. The Morgan fingerprint density at radius 1 is 1.20 bits per heavy atom.